The first-order chi connectivity index (χ1) is 10.3. The van der Waals surface area contributed by atoms with Gasteiger partial charge >= 0.3 is 0 Å². The summed E-state index contributed by atoms with van der Waals surface area (Å²) in [4.78, 5) is 0. The fraction of sp³-hybridized carbons (Fsp3) is 0.368. The second kappa shape index (κ2) is 5.19. The molecular formula is C19H20OS. The molecule has 2 aromatic carbocycles. The van der Waals surface area contributed by atoms with Crippen molar-refractivity contribution in [3.8, 4) is 0 Å². The highest BCUT2D eigenvalue weighted by molar-refractivity contribution is 8.00. The van der Waals surface area contributed by atoms with Crippen molar-refractivity contribution in [2.75, 3.05) is 7.11 Å². The Morgan fingerprint density at radius 1 is 1.00 bits per heavy atom. The summed E-state index contributed by atoms with van der Waals surface area (Å²) in [5, 5.41) is 0.572. The molecule has 5 rings (SSSR count). The van der Waals surface area contributed by atoms with Gasteiger partial charge in [0.2, 0.25) is 0 Å². The summed E-state index contributed by atoms with van der Waals surface area (Å²) in [6, 6.07) is 18.0. The first kappa shape index (κ1) is 13.4. The summed E-state index contributed by atoms with van der Waals surface area (Å²) in [5.41, 5.74) is 6.12. The van der Waals surface area contributed by atoms with Crippen LogP contribution in [-0.2, 0) is 4.74 Å². The number of fused-ring (bicyclic) bond motifs is 2. The third-order valence-electron chi connectivity index (χ3n) is 4.93. The number of rotatable bonds is 2. The Balaban J connectivity index is 1.80. The lowest BCUT2D eigenvalue weighted by Gasteiger charge is -2.47. The van der Waals surface area contributed by atoms with Crippen LogP contribution in [0.2, 0.25) is 0 Å². The minimum atomic E-state index is 0.282. The molecule has 0 amide bonds. The van der Waals surface area contributed by atoms with Gasteiger partial charge in [-0.15, -0.1) is 11.8 Å². The summed E-state index contributed by atoms with van der Waals surface area (Å²) >= 11 is 2.00. The van der Waals surface area contributed by atoms with E-state index < -0.39 is 0 Å². The molecule has 4 atom stereocenters. The van der Waals surface area contributed by atoms with Crippen molar-refractivity contribution in [3.63, 3.8) is 0 Å². The molecule has 0 unspecified atom stereocenters. The molecule has 0 radical (unpaired) electrons. The lowest BCUT2D eigenvalue weighted by Crippen LogP contribution is -2.36. The SMILES string of the molecule is CO[C@@H]1S[C@H]2C[C@H](c3ccc(C)cc3)[C@@H]1c1ccccc12. The van der Waals surface area contributed by atoms with Gasteiger partial charge in [0.1, 0.15) is 5.44 Å². The maximum absolute atomic E-state index is 5.82. The van der Waals surface area contributed by atoms with Crippen LogP contribution in [0.25, 0.3) is 0 Å². The van der Waals surface area contributed by atoms with E-state index in [1.54, 1.807) is 0 Å². The molecule has 3 aliphatic rings. The largest absolute Gasteiger partial charge is 0.370 e. The van der Waals surface area contributed by atoms with Crippen LogP contribution in [0.3, 0.4) is 0 Å². The fourth-order valence-electron chi connectivity index (χ4n) is 3.90. The second-order valence-electron chi connectivity index (χ2n) is 6.14. The molecule has 1 aliphatic carbocycles. The number of hydrogen-bond donors (Lipinski definition) is 0. The van der Waals surface area contributed by atoms with Gasteiger partial charge in [0, 0.05) is 18.3 Å². The Kier molecular flexibility index (Phi) is 3.31. The van der Waals surface area contributed by atoms with Gasteiger partial charge in [0.05, 0.1) is 0 Å². The number of thioether (sulfide) groups is 1. The lowest BCUT2D eigenvalue weighted by molar-refractivity contribution is 0.126. The van der Waals surface area contributed by atoms with Crippen molar-refractivity contribution in [2.24, 2.45) is 0 Å². The van der Waals surface area contributed by atoms with E-state index >= 15 is 0 Å². The standard InChI is InChI=1S/C19H20OS/c1-12-7-9-13(10-8-12)16-11-17-14-5-3-4-6-15(14)18(16)19(20-2)21-17/h3-10,16-19H,11H2,1-2H3/t16-,17+,18+,19-/m1/s1. The predicted octanol–water partition coefficient (Wildman–Crippen LogP) is 5.03. The normalized spacial score (nSPS) is 30.2. The van der Waals surface area contributed by atoms with Crippen LogP contribution in [0.1, 0.15) is 45.8 Å². The predicted molar refractivity (Wildman–Crippen MR) is 88.8 cm³/mol. The van der Waals surface area contributed by atoms with Crippen molar-refractivity contribution in [1.82, 2.24) is 0 Å². The summed E-state index contributed by atoms with van der Waals surface area (Å²) in [6.07, 6.45) is 1.23. The highest BCUT2D eigenvalue weighted by Gasteiger charge is 2.46. The fourth-order valence-corrected chi connectivity index (χ4v) is 5.52. The number of aryl methyl sites for hydroxylation is 1. The summed E-state index contributed by atoms with van der Waals surface area (Å²) in [6.45, 7) is 2.15. The minimum Gasteiger partial charge on any atom is -0.370 e. The van der Waals surface area contributed by atoms with E-state index in [1.807, 2.05) is 18.9 Å². The number of hydrogen-bond acceptors (Lipinski definition) is 2. The molecule has 2 heteroatoms. The van der Waals surface area contributed by atoms with Gasteiger partial charge in [-0.1, -0.05) is 54.1 Å². The molecule has 2 bridgehead atoms. The zero-order chi connectivity index (χ0) is 14.4. The van der Waals surface area contributed by atoms with E-state index in [2.05, 4.69) is 55.5 Å². The van der Waals surface area contributed by atoms with E-state index in [4.69, 9.17) is 4.74 Å². The van der Waals surface area contributed by atoms with Crippen LogP contribution in [0, 0.1) is 6.92 Å². The molecule has 0 spiro atoms. The van der Waals surface area contributed by atoms with Crippen molar-refractivity contribution in [1.29, 1.82) is 0 Å². The quantitative estimate of drug-likeness (QED) is 0.769. The summed E-state index contributed by atoms with van der Waals surface area (Å²) < 4.78 is 5.82. The monoisotopic (exact) mass is 296 g/mol. The van der Waals surface area contributed by atoms with Crippen molar-refractivity contribution >= 4 is 11.8 Å². The third-order valence-corrected chi connectivity index (χ3v) is 6.46. The second-order valence-corrected chi connectivity index (χ2v) is 7.44. The van der Waals surface area contributed by atoms with Gasteiger partial charge in [-0.25, -0.2) is 0 Å². The van der Waals surface area contributed by atoms with Crippen molar-refractivity contribution in [3.05, 3.63) is 70.8 Å². The maximum atomic E-state index is 5.82. The van der Waals surface area contributed by atoms with Gasteiger partial charge in [0.15, 0.2) is 0 Å². The summed E-state index contributed by atoms with van der Waals surface area (Å²) in [5.74, 6) is 1.06. The van der Waals surface area contributed by atoms with Crippen LogP contribution in [0.4, 0.5) is 0 Å². The molecule has 2 heterocycles. The topological polar surface area (TPSA) is 9.23 Å². The number of ether oxygens (including phenoxy) is 1. The van der Waals surface area contributed by atoms with Gasteiger partial charge < -0.3 is 4.74 Å². The third kappa shape index (κ3) is 2.13. The minimum absolute atomic E-state index is 0.282. The van der Waals surface area contributed by atoms with Gasteiger partial charge in [-0.2, -0.15) is 0 Å². The molecule has 2 aromatic rings. The highest BCUT2D eigenvalue weighted by atomic mass is 32.2. The first-order valence-corrected chi connectivity index (χ1v) is 8.56. The molecule has 21 heavy (non-hydrogen) atoms. The Labute approximate surface area is 130 Å². The Morgan fingerprint density at radius 3 is 2.43 bits per heavy atom. The molecule has 1 fully saturated rings. The molecular weight excluding hydrogens is 276 g/mol. The van der Waals surface area contributed by atoms with Gasteiger partial charge in [-0.05, 0) is 36.0 Å². The summed E-state index contributed by atoms with van der Waals surface area (Å²) in [7, 11) is 1.85. The van der Waals surface area contributed by atoms with Crippen molar-refractivity contribution in [2.45, 2.75) is 35.9 Å². The van der Waals surface area contributed by atoms with Crippen LogP contribution < -0.4 is 0 Å². The molecule has 1 nitrogen and oxygen atoms in total. The molecule has 0 saturated carbocycles. The van der Waals surface area contributed by atoms with E-state index in [0.29, 0.717) is 17.1 Å². The number of methoxy groups -OCH3 is 1. The zero-order valence-electron chi connectivity index (χ0n) is 12.5. The van der Waals surface area contributed by atoms with Crippen LogP contribution in [0.15, 0.2) is 48.5 Å². The molecule has 108 valence electrons. The highest BCUT2D eigenvalue weighted by Crippen LogP contribution is 2.61. The Hall–Kier alpha value is -1.25. The van der Waals surface area contributed by atoms with E-state index in [9.17, 15) is 0 Å². The Bertz CT molecular complexity index is 649. The van der Waals surface area contributed by atoms with Crippen LogP contribution in [-0.4, -0.2) is 12.5 Å². The lowest BCUT2D eigenvalue weighted by atomic mass is 9.71. The van der Waals surface area contributed by atoms with Crippen molar-refractivity contribution < 1.29 is 4.74 Å². The molecule has 0 aromatic heterocycles. The zero-order valence-corrected chi connectivity index (χ0v) is 13.3. The Morgan fingerprint density at radius 2 is 1.71 bits per heavy atom. The average molecular weight is 296 g/mol. The van der Waals surface area contributed by atoms with Gasteiger partial charge in [0.25, 0.3) is 0 Å². The van der Waals surface area contributed by atoms with Crippen LogP contribution >= 0.6 is 11.8 Å². The number of benzene rings is 2. The van der Waals surface area contributed by atoms with E-state index in [-0.39, 0.29) is 5.44 Å². The van der Waals surface area contributed by atoms with E-state index in [1.165, 1.54) is 28.7 Å². The smallest absolute Gasteiger partial charge is 0.110 e. The molecule has 0 N–H and O–H groups in total. The van der Waals surface area contributed by atoms with Crippen LogP contribution in [0.5, 0.6) is 0 Å². The molecule has 1 saturated heterocycles. The first-order valence-electron chi connectivity index (χ1n) is 7.61. The molecule has 2 aliphatic heterocycles. The van der Waals surface area contributed by atoms with Gasteiger partial charge in [-0.3, -0.25) is 0 Å². The maximum Gasteiger partial charge on any atom is 0.110 e. The van der Waals surface area contributed by atoms with E-state index in [0.717, 1.165) is 0 Å². The average Bonchev–Trinajstić information content (AvgIpc) is 2.55.